The highest BCUT2D eigenvalue weighted by atomic mass is 32.2. The lowest BCUT2D eigenvalue weighted by molar-refractivity contribution is -0.120. The third kappa shape index (κ3) is 7.42. The van der Waals surface area contributed by atoms with Crippen molar-refractivity contribution >= 4 is 38.4 Å². The maximum absolute atomic E-state index is 13.8. The predicted octanol–water partition coefficient (Wildman–Crippen LogP) is 5.24. The molecule has 45 heavy (non-hydrogen) atoms. The van der Waals surface area contributed by atoms with Crippen LogP contribution in [0.15, 0.2) is 108 Å². The summed E-state index contributed by atoms with van der Waals surface area (Å²) in [4.78, 5) is 28.4. The second-order valence-corrected chi connectivity index (χ2v) is 12.8. The minimum absolute atomic E-state index is 0.0225. The molecule has 0 saturated carbocycles. The number of ether oxygens (including phenoxy) is 1. The van der Waals surface area contributed by atoms with Crippen LogP contribution < -0.4 is 15.4 Å². The average Bonchev–Trinajstić information content (AvgIpc) is 3.31. The third-order valence-electron chi connectivity index (χ3n) is 7.38. The molecule has 0 radical (unpaired) electrons. The highest BCUT2D eigenvalue weighted by Crippen LogP contribution is 2.32. The van der Waals surface area contributed by atoms with Crippen molar-refractivity contribution in [2.75, 3.05) is 32.5 Å². The lowest BCUT2D eigenvalue weighted by Gasteiger charge is -2.11. The van der Waals surface area contributed by atoms with E-state index in [1.54, 1.807) is 79.7 Å². The van der Waals surface area contributed by atoms with Crippen LogP contribution in [0.3, 0.4) is 0 Å². The lowest BCUT2D eigenvalue weighted by atomic mass is 10.1. The van der Waals surface area contributed by atoms with Gasteiger partial charge < -0.3 is 20.3 Å². The van der Waals surface area contributed by atoms with E-state index in [0.29, 0.717) is 58.9 Å². The van der Waals surface area contributed by atoms with E-state index in [4.69, 9.17) is 4.74 Å². The van der Waals surface area contributed by atoms with Gasteiger partial charge in [-0.15, -0.1) is 0 Å². The number of hydrogen-bond acceptors (Lipinski definition) is 6. The van der Waals surface area contributed by atoms with Crippen LogP contribution in [0.1, 0.15) is 27.2 Å². The number of anilines is 1. The molecule has 0 fully saturated rings. The molecule has 5 aromatic rings. The summed E-state index contributed by atoms with van der Waals surface area (Å²) in [5.74, 6) is -0.0169. The number of nitrogens with one attached hydrogen (secondary N) is 2. The Hall–Kier alpha value is -4.93. The number of rotatable bonds is 12. The molecule has 0 aliphatic heterocycles. The van der Waals surface area contributed by atoms with Crippen molar-refractivity contribution in [3.63, 3.8) is 0 Å². The molecule has 0 bridgehead atoms. The van der Waals surface area contributed by atoms with E-state index in [1.807, 2.05) is 49.3 Å². The predicted molar refractivity (Wildman–Crippen MR) is 176 cm³/mol. The molecule has 4 aromatic carbocycles. The lowest BCUT2D eigenvalue weighted by Crippen LogP contribution is -2.32. The number of likely N-dealkylation sites (N-methyl/N-ethyl adjacent to an activating group) is 1. The van der Waals surface area contributed by atoms with Crippen molar-refractivity contribution in [3.05, 3.63) is 126 Å². The monoisotopic (exact) mass is 624 g/mol. The van der Waals surface area contributed by atoms with Gasteiger partial charge in [-0.05, 0) is 80.7 Å². The average molecular weight is 625 g/mol. The number of benzene rings is 4. The highest BCUT2D eigenvalue weighted by Gasteiger charge is 2.26. The Morgan fingerprint density at radius 2 is 1.58 bits per heavy atom. The van der Waals surface area contributed by atoms with Gasteiger partial charge in [0.1, 0.15) is 12.4 Å². The molecule has 2 N–H and O–H groups in total. The molecule has 0 saturated heterocycles. The summed E-state index contributed by atoms with van der Waals surface area (Å²) >= 11 is 0. The van der Waals surface area contributed by atoms with Crippen LogP contribution in [0, 0.1) is 6.92 Å². The van der Waals surface area contributed by atoms with Crippen molar-refractivity contribution in [1.82, 2.24) is 14.2 Å². The zero-order valence-electron chi connectivity index (χ0n) is 25.5. The summed E-state index contributed by atoms with van der Waals surface area (Å²) in [7, 11) is -0.134. The smallest absolute Gasteiger partial charge is 0.268 e. The van der Waals surface area contributed by atoms with E-state index < -0.39 is 10.0 Å². The summed E-state index contributed by atoms with van der Waals surface area (Å²) < 4.78 is 34.8. The summed E-state index contributed by atoms with van der Waals surface area (Å²) in [6, 6.07) is 29.9. The first-order valence-corrected chi connectivity index (χ1v) is 16.0. The van der Waals surface area contributed by atoms with Gasteiger partial charge in [0.25, 0.3) is 15.9 Å². The first-order chi connectivity index (χ1) is 21.6. The van der Waals surface area contributed by atoms with Gasteiger partial charge in [-0.2, -0.15) is 0 Å². The fourth-order valence-electron chi connectivity index (χ4n) is 5.07. The van der Waals surface area contributed by atoms with E-state index in [1.165, 1.54) is 3.97 Å². The first-order valence-electron chi connectivity index (χ1n) is 14.6. The molecule has 0 spiro atoms. The summed E-state index contributed by atoms with van der Waals surface area (Å²) in [5.41, 5.74) is 3.30. The normalized spacial score (nSPS) is 11.5. The molecule has 2 amide bonds. The second-order valence-electron chi connectivity index (χ2n) is 11.0. The summed E-state index contributed by atoms with van der Waals surface area (Å²) in [5, 5.41) is 6.39. The molecule has 232 valence electrons. The topological polar surface area (TPSA) is 110 Å². The maximum atomic E-state index is 13.8. The molecule has 0 aliphatic rings. The Morgan fingerprint density at radius 3 is 2.29 bits per heavy atom. The Balaban J connectivity index is 1.45. The zero-order chi connectivity index (χ0) is 32.0. The van der Waals surface area contributed by atoms with Gasteiger partial charge >= 0.3 is 0 Å². The van der Waals surface area contributed by atoms with Crippen LogP contribution in [0.5, 0.6) is 5.75 Å². The molecule has 0 aliphatic carbocycles. The third-order valence-corrected chi connectivity index (χ3v) is 9.20. The van der Waals surface area contributed by atoms with Gasteiger partial charge in [0.2, 0.25) is 5.91 Å². The minimum Gasteiger partial charge on any atom is -0.489 e. The van der Waals surface area contributed by atoms with Gasteiger partial charge in [-0.1, -0.05) is 54.6 Å². The van der Waals surface area contributed by atoms with Gasteiger partial charge in [0, 0.05) is 35.4 Å². The Morgan fingerprint density at radius 1 is 0.867 bits per heavy atom. The van der Waals surface area contributed by atoms with Crippen LogP contribution in [0.25, 0.3) is 10.9 Å². The minimum atomic E-state index is -3.97. The SMILES string of the molecule is Cc1c(CC(=O)NCCN(C)C)c2cc(NC(=O)c3cccc(OCc4ccccc4)c3)ccc2n1S(=O)(=O)c1ccccc1. The van der Waals surface area contributed by atoms with Gasteiger partial charge in [-0.3, -0.25) is 9.59 Å². The van der Waals surface area contributed by atoms with Crippen molar-refractivity contribution < 1.29 is 22.7 Å². The standard InChI is InChI=1S/C35H36N4O5S/c1-25-31(23-34(40)36-19-20-38(2)3)32-22-28(17-18-33(32)39(25)45(42,43)30-15-8-5-9-16-30)37-35(41)27-13-10-14-29(21-27)44-24-26-11-6-4-7-12-26/h4-18,21-22H,19-20,23-24H2,1-3H3,(H,36,40)(H,37,41). The van der Waals surface area contributed by atoms with Crippen LogP contribution in [-0.4, -0.2) is 56.3 Å². The largest absolute Gasteiger partial charge is 0.489 e. The van der Waals surface area contributed by atoms with Crippen LogP contribution in [0.4, 0.5) is 5.69 Å². The summed E-state index contributed by atoms with van der Waals surface area (Å²) in [6.45, 7) is 3.20. The Kier molecular flexibility index (Phi) is 9.65. The van der Waals surface area contributed by atoms with Gasteiger partial charge in [-0.25, -0.2) is 12.4 Å². The van der Waals surface area contributed by atoms with E-state index in [9.17, 15) is 18.0 Å². The molecule has 1 aromatic heterocycles. The molecule has 0 atom stereocenters. The Bertz CT molecular complexity index is 1920. The van der Waals surface area contributed by atoms with Crippen molar-refractivity contribution in [2.24, 2.45) is 0 Å². The maximum Gasteiger partial charge on any atom is 0.268 e. The van der Waals surface area contributed by atoms with Crippen molar-refractivity contribution in [3.8, 4) is 5.75 Å². The van der Waals surface area contributed by atoms with Crippen LogP contribution in [0.2, 0.25) is 0 Å². The molecule has 1 heterocycles. The number of fused-ring (bicyclic) bond motifs is 1. The van der Waals surface area contributed by atoms with E-state index >= 15 is 0 Å². The first kappa shape index (κ1) is 31.5. The van der Waals surface area contributed by atoms with E-state index in [-0.39, 0.29) is 23.1 Å². The molecular formula is C35H36N4O5S. The second kappa shape index (κ2) is 13.8. The molecule has 9 nitrogen and oxygen atoms in total. The number of aromatic nitrogens is 1. The van der Waals surface area contributed by atoms with Crippen molar-refractivity contribution in [1.29, 1.82) is 0 Å². The van der Waals surface area contributed by atoms with Gasteiger partial charge in [0.05, 0.1) is 16.8 Å². The van der Waals surface area contributed by atoms with Gasteiger partial charge in [0.15, 0.2) is 0 Å². The molecule has 5 rings (SSSR count). The molecule has 10 heteroatoms. The Labute approximate surface area is 263 Å². The fraction of sp³-hybridized carbons (Fsp3) is 0.200. The molecular weight excluding hydrogens is 588 g/mol. The number of amides is 2. The van der Waals surface area contributed by atoms with E-state index in [0.717, 1.165) is 5.56 Å². The van der Waals surface area contributed by atoms with E-state index in [2.05, 4.69) is 10.6 Å². The number of carbonyl (C=O) groups excluding carboxylic acids is 2. The zero-order valence-corrected chi connectivity index (χ0v) is 26.3. The number of carbonyl (C=O) groups is 2. The fourth-order valence-corrected chi connectivity index (χ4v) is 6.68. The summed E-state index contributed by atoms with van der Waals surface area (Å²) in [6.07, 6.45) is -0.0225. The highest BCUT2D eigenvalue weighted by molar-refractivity contribution is 7.90. The van der Waals surface area contributed by atoms with Crippen molar-refractivity contribution in [2.45, 2.75) is 24.8 Å². The quantitative estimate of drug-likeness (QED) is 0.197. The number of hydrogen-bond donors (Lipinski definition) is 2. The van der Waals surface area contributed by atoms with Crippen LogP contribution >= 0.6 is 0 Å². The van der Waals surface area contributed by atoms with Crippen LogP contribution in [-0.2, 0) is 27.8 Å². The molecule has 0 unspecified atom stereocenters. The number of nitrogens with zero attached hydrogens (tertiary/aromatic N) is 2.